The number of hydrogen-bond acceptors (Lipinski definition) is 5. The van der Waals surface area contributed by atoms with Gasteiger partial charge in [0.25, 0.3) is 5.91 Å². The molecule has 1 rings (SSSR count). The van der Waals surface area contributed by atoms with Crippen molar-refractivity contribution in [2.75, 3.05) is 19.0 Å². The molecule has 0 saturated heterocycles. The third-order valence-electron chi connectivity index (χ3n) is 2.01. The number of amides is 1. The number of nitrogens with one attached hydrogen (secondary N) is 1. The van der Waals surface area contributed by atoms with Crippen LogP contribution in [0.3, 0.4) is 0 Å². The van der Waals surface area contributed by atoms with E-state index in [4.69, 9.17) is 10.5 Å². The monoisotopic (exact) mass is 224 g/mol. The number of nitrogens with zero attached hydrogens (tertiary/aromatic N) is 2. The number of methoxy groups -OCH3 is 1. The van der Waals surface area contributed by atoms with E-state index < -0.39 is 6.10 Å². The van der Waals surface area contributed by atoms with Crippen LogP contribution in [0.1, 0.15) is 11.4 Å². The molecule has 0 radical (unpaired) electrons. The molecule has 0 saturated carbocycles. The Morgan fingerprint density at radius 3 is 2.50 bits per heavy atom. The lowest BCUT2D eigenvalue weighted by Gasteiger charge is -2.12. The van der Waals surface area contributed by atoms with E-state index in [9.17, 15) is 4.79 Å². The molecular formula is C10H16N4O2. The maximum absolute atomic E-state index is 11.6. The minimum atomic E-state index is -0.676. The predicted octanol–water partition coefficient (Wildman–Crippen LogP) is 0.00564. The number of rotatable bonds is 4. The molecule has 1 unspecified atom stereocenters. The summed E-state index contributed by atoms with van der Waals surface area (Å²) in [7, 11) is 1.43. The van der Waals surface area contributed by atoms with Gasteiger partial charge in [0.1, 0.15) is 6.10 Å². The molecule has 1 amide bonds. The van der Waals surface area contributed by atoms with Gasteiger partial charge in [0.15, 0.2) is 0 Å². The number of aromatic nitrogens is 2. The molecule has 3 N–H and O–H groups in total. The van der Waals surface area contributed by atoms with Crippen molar-refractivity contribution in [3.8, 4) is 0 Å². The van der Waals surface area contributed by atoms with Gasteiger partial charge in [-0.15, -0.1) is 0 Å². The molecule has 0 bridgehead atoms. The average Bonchev–Trinajstić information content (AvgIpc) is 2.17. The summed E-state index contributed by atoms with van der Waals surface area (Å²) < 4.78 is 4.90. The summed E-state index contributed by atoms with van der Waals surface area (Å²) in [5.74, 6) is -0.0620. The first-order valence-electron chi connectivity index (χ1n) is 4.93. The Morgan fingerprint density at radius 1 is 1.50 bits per heavy atom. The van der Waals surface area contributed by atoms with E-state index >= 15 is 0 Å². The van der Waals surface area contributed by atoms with Gasteiger partial charge >= 0.3 is 0 Å². The van der Waals surface area contributed by atoms with Crippen LogP contribution < -0.4 is 11.1 Å². The first kappa shape index (κ1) is 12.5. The molecule has 0 spiro atoms. The minimum Gasteiger partial charge on any atom is -0.370 e. The maximum Gasteiger partial charge on any atom is 0.257 e. The van der Waals surface area contributed by atoms with E-state index in [1.165, 1.54) is 7.11 Å². The molecule has 1 heterocycles. The van der Waals surface area contributed by atoms with Crippen molar-refractivity contribution < 1.29 is 9.53 Å². The zero-order chi connectivity index (χ0) is 12.1. The van der Waals surface area contributed by atoms with Gasteiger partial charge in [-0.2, -0.15) is 0 Å². The Bertz CT molecular complexity index is 357. The van der Waals surface area contributed by atoms with Crippen molar-refractivity contribution in [3.63, 3.8) is 0 Å². The number of aryl methyl sites for hydroxylation is 2. The fraction of sp³-hybridized carbons (Fsp3) is 0.500. The summed E-state index contributed by atoms with van der Waals surface area (Å²) >= 11 is 0. The number of hydrogen-bond donors (Lipinski definition) is 2. The van der Waals surface area contributed by atoms with E-state index in [2.05, 4.69) is 15.3 Å². The summed E-state index contributed by atoms with van der Waals surface area (Å²) in [4.78, 5) is 19.8. The summed E-state index contributed by atoms with van der Waals surface area (Å²) in [5.41, 5.74) is 6.96. The van der Waals surface area contributed by atoms with Crippen LogP contribution in [0.2, 0.25) is 0 Å². The standard InChI is InChI=1S/C10H16N4O2/c1-6-4-7(2)13-10(12-6)14-9(15)8(5-11)16-3/h4,8H,5,11H2,1-3H3,(H,12,13,14,15). The zero-order valence-corrected chi connectivity index (χ0v) is 9.65. The normalized spacial score (nSPS) is 12.2. The van der Waals surface area contributed by atoms with Gasteiger partial charge in [-0.05, 0) is 19.9 Å². The summed E-state index contributed by atoms with van der Waals surface area (Å²) in [6, 6.07) is 1.83. The van der Waals surface area contributed by atoms with Gasteiger partial charge in [0.2, 0.25) is 5.95 Å². The first-order chi connectivity index (χ1) is 7.56. The van der Waals surface area contributed by atoms with Crippen LogP contribution >= 0.6 is 0 Å². The van der Waals surface area contributed by atoms with Crippen molar-refractivity contribution in [1.82, 2.24) is 9.97 Å². The second-order valence-electron chi connectivity index (χ2n) is 3.42. The van der Waals surface area contributed by atoms with Gasteiger partial charge in [-0.25, -0.2) is 9.97 Å². The zero-order valence-electron chi connectivity index (χ0n) is 9.65. The number of anilines is 1. The van der Waals surface area contributed by atoms with E-state index in [-0.39, 0.29) is 18.4 Å². The molecule has 1 atom stereocenters. The Kier molecular flexibility index (Phi) is 4.33. The molecule has 0 fully saturated rings. The summed E-state index contributed by atoms with van der Waals surface area (Å²) in [6.07, 6.45) is -0.676. The SMILES string of the molecule is COC(CN)C(=O)Nc1nc(C)cc(C)n1. The molecule has 6 heteroatoms. The highest BCUT2D eigenvalue weighted by Crippen LogP contribution is 2.04. The molecule has 1 aromatic heterocycles. The van der Waals surface area contributed by atoms with Crippen LogP contribution in [0.15, 0.2) is 6.07 Å². The molecule has 0 aliphatic carbocycles. The molecule has 88 valence electrons. The Hall–Kier alpha value is -1.53. The van der Waals surface area contributed by atoms with Crippen molar-refractivity contribution in [2.24, 2.45) is 5.73 Å². The molecule has 0 aliphatic heterocycles. The molecule has 6 nitrogen and oxygen atoms in total. The number of carbonyl (C=O) groups is 1. The van der Waals surface area contributed by atoms with Crippen LogP contribution in [-0.4, -0.2) is 35.6 Å². The predicted molar refractivity (Wildman–Crippen MR) is 60.0 cm³/mol. The smallest absolute Gasteiger partial charge is 0.257 e. The fourth-order valence-corrected chi connectivity index (χ4v) is 1.28. The molecular weight excluding hydrogens is 208 g/mol. The highest BCUT2D eigenvalue weighted by Gasteiger charge is 2.16. The average molecular weight is 224 g/mol. The lowest BCUT2D eigenvalue weighted by atomic mass is 10.3. The van der Waals surface area contributed by atoms with Crippen molar-refractivity contribution in [3.05, 3.63) is 17.5 Å². The number of nitrogens with two attached hydrogens (primary N) is 1. The Morgan fingerprint density at radius 2 is 2.06 bits per heavy atom. The maximum atomic E-state index is 11.6. The minimum absolute atomic E-state index is 0.118. The van der Waals surface area contributed by atoms with Crippen molar-refractivity contribution in [1.29, 1.82) is 0 Å². The van der Waals surface area contributed by atoms with Crippen LogP contribution in [0.5, 0.6) is 0 Å². The van der Waals surface area contributed by atoms with Gasteiger partial charge in [0, 0.05) is 25.0 Å². The summed E-state index contributed by atoms with van der Waals surface area (Å²) in [5, 5.41) is 2.56. The lowest BCUT2D eigenvalue weighted by Crippen LogP contribution is -2.36. The van der Waals surface area contributed by atoms with Crippen LogP contribution in [0, 0.1) is 13.8 Å². The van der Waals surface area contributed by atoms with Crippen LogP contribution in [0.4, 0.5) is 5.95 Å². The fourth-order valence-electron chi connectivity index (χ4n) is 1.28. The third kappa shape index (κ3) is 3.25. The molecule has 0 aliphatic rings. The largest absolute Gasteiger partial charge is 0.370 e. The van der Waals surface area contributed by atoms with Gasteiger partial charge in [-0.1, -0.05) is 0 Å². The van der Waals surface area contributed by atoms with E-state index in [1.807, 2.05) is 19.9 Å². The number of ether oxygens (including phenoxy) is 1. The quantitative estimate of drug-likeness (QED) is 0.751. The highest BCUT2D eigenvalue weighted by atomic mass is 16.5. The second-order valence-corrected chi connectivity index (χ2v) is 3.42. The lowest BCUT2D eigenvalue weighted by molar-refractivity contribution is -0.125. The van der Waals surface area contributed by atoms with E-state index in [0.29, 0.717) is 0 Å². The van der Waals surface area contributed by atoms with Gasteiger partial charge in [0.05, 0.1) is 0 Å². The highest BCUT2D eigenvalue weighted by molar-refractivity contribution is 5.92. The van der Waals surface area contributed by atoms with Crippen molar-refractivity contribution >= 4 is 11.9 Å². The summed E-state index contributed by atoms with van der Waals surface area (Å²) in [6.45, 7) is 3.79. The topological polar surface area (TPSA) is 90.1 Å². The Labute approximate surface area is 94.2 Å². The van der Waals surface area contributed by atoms with Crippen LogP contribution in [0.25, 0.3) is 0 Å². The van der Waals surface area contributed by atoms with Gasteiger partial charge < -0.3 is 10.5 Å². The second kappa shape index (κ2) is 5.53. The Balaban J connectivity index is 2.76. The van der Waals surface area contributed by atoms with Crippen molar-refractivity contribution in [2.45, 2.75) is 20.0 Å². The molecule has 16 heavy (non-hydrogen) atoms. The first-order valence-corrected chi connectivity index (χ1v) is 4.93. The van der Waals surface area contributed by atoms with Gasteiger partial charge in [-0.3, -0.25) is 10.1 Å². The van der Waals surface area contributed by atoms with E-state index in [0.717, 1.165) is 11.4 Å². The third-order valence-corrected chi connectivity index (χ3v) is 2.01. The van der Waals surface area contributed by atoms with E-state index in [1.54, 1.807) is 0 Å². The number of carbonyl (C=O) groups excluding carboxylic acids is 1. The van der Waals surface area contributed by atoms with Crippen LogP contribution in [-0.2, 0) is 9.53 Å². The molecule has 1 aromatic rings. The molecule has 0 aromatic carbocycles.